The predicted molar refractivity (Wildman–Crippen MR) is 180 cm³/mol. The third-order valence-corrected chi connectivity index (χ3v) is 9.33. The Bertz CT molecular complexity index is 2130. The van der Waals surface area contributed by atoms with Crippen molar-refractivity contribution in [3.05, 3.63) is 140 Å². The van der Waals surface area contributed by atoms with E-state index in [4.69, 9.17) is 0 Å². The van der Waals surface area contributed by atoms with E-state index in [1.807, 2.05) is 53.4 Å². The molecule has 0 saturated carbocycles. The van der Waals surface area contributed by atoms with Gasteiger partial charge >= 0.3 is 0 Å². The van der Waals surface area contributed by atoms with Crippen molar-refractivity contribution < 1.29 is 0 Å². The number of benzene rings is 4. The summed E-state index contributed by atoms with van der Waals surface area (Å²) in [6.45, 7) is 0. The highest BCUT2D eigenvalue weighted by Crippen LogP contribution is 2.39. The Hall–Kier alpha value is -5.38. The van der Waals surface area contributed by atoms with Crippen LogP contribution in [-0.4, -0.2) is 34.9 Å². The first kappa shape index (κ1) is 27.2. The van der Waals surface area contributed by atoms with Crippen molar-refractivity contribution in [1.82, 2.24) is 34.9 Å². The summed E-state index contributed by atoms with van der Waals surface area (Å²) in [4.78, 5) is 13.5. The molecule has 0 amide bonds. The first-order chi connectivity index (χ1) is 22.3. The van der Waals surface area contributed by atoms with Gasteiger partial charge in [-0.3, -0.25) is 14.5 Å². The predicted octanol–water partition coefficient (Wildman–Crippen LogP) is 8.79. The lowest BCUT2D eigenvalue weighted by molar-refractivity contribution is 0.801. The molecule has 0 unspecified atom stereocenters. The largest absolute Gasteiger partial charge is 0.275 e. The molecule has 8 rings (SSSR count). The molecule has 0 aliphatic heterocycles. The zero-order chi connectivity index (χ0) is 30.0. The Labute approximate surface area is 267 Å². The Morgan fingerprint density at radius 2 is 0.978 bits per heavy atom. The van der Waals surface area contributed by atoms with E-state index < -0.39 is 0 Å². The molecular weight excluding hydrogens is 595 g/mol. The second kappa shape index (κ2) is 12.0. The molecule has 0 saturated heterocycles. The van der Waals surface area contributed by atoms with Crippen LogP contribution in [-0.2, 0) is 0 Å². The maximum absolute atomic E-state index is 4.52. The van der Waals surface area contributed by atoms with Crippen molar-refractivity contribution in [1.29, 1.82) is 0 Å². The summed E-state index contributed by atoms with van der Waals surface area (Å²) in [5, 5.41) is 19.0. The van der Waals surface area contributed by atoms with Crippen molar-refractivity contribution in [2.75, 3.05) is 0 Å². The van der Waals surface area contributed by atoms with Crippen LogP contribution < -0.4 is 0 Å². The fourth-order valence-electron chi connectivity index (χ4n) is 5.39. The second-order valence-corrected chi connectivity index (χ2v) is 12.5. The number of hydrogen-bond donors (Lipinski definition) is 0. The number of pyridine rings is 2. The molecule has 0 fully saturated rings. The number of hydrogen-bond acceptors (Lipinski definition) is 8. The normalized spacial score (nSPS) is 11.3. The fraction of sp³-hybridized carbons (Fsp3) is 0. The molecule has 4 aromatic heterocycles. The number of aromatic nitrogens is 7. The summed E-state index contributed by atoms with van der Waals surface area (Å²) in [5.41, 5.74) is 6.06. The first-order valence-corrected chi connectivity index (χ1v) is 15.9. The van der Waals surface area contributed by atoms with Gasteiger partial charge in [0.2, 0.25) is 0 Å². The molecule has 0 aliphatic carbocycles. The standard InChI is InChI=1S/C36H23N7S2/c1-3-17-37-32(11-1)24-7-5-9-26(19-24)44-28-13-15-30-31-16-14-29(22-35(31)43(34(30)21-28)36-41-39-23-40-42-36)45-27-10-6-8-25(20-27)33-12-2-4-18-38-33/h1-23H. The third kappa shape index (κ3) is 5.55. The van der Waals surface area contributed by atoms with Gasteiger partial charge in [-0.15, -0.1) is 20.4 Å². The summed E-state index contributed by atoms with van der Waals surface area (Å²) in [6.07, 6.45) is 4.99. The number of nitrogens with zero attached hydrogens (tertiary/aromatic N) is 7. The summed E-state index contributed by atoms with van der Waals surface area (Å²) < 4.78 is 2.05. The summed E-state index contributed by atoms with van der Waals surface area (Å²) in [5.74, 6) is 0.427. The van der Waals surface area contributed by atoms with Gasteiger partial charge in [0.15, 0.2) is 6.33 Å². The van der Waals surface area contributed by atoms with Gasteiger partial charge in [-0.1, -0.05) is 72.1 Å². The van der Waals surface area contributed by atoms with Gasteiger partial charge < -0.3 is 0 Å². The molecule has 0 N–H and O–H groups in total. The average Bonchev–Trinajstić information content (AvgIpc) is 3.42. The van der Waals surface area contributed by atoms with Crippen LogP contribution >= 0.6 is 23.5 Å². The molecule has 8 aromatic rings. The Morgan fingerprint density at radius 1 is 0.467 bits per heavy atom. The number of fused-ring (bicyclic) bond motifs is 3. The fourth-order valence-corrected chi connectivity index (χ4v) is 7.21. The third-order valence-electron chi connectivity index (χ3n) is 7.37. The second-order valence-electron chi connectivity index (χ2n) is 10.2. The Balaban J connectivity index is 1.19. The molecule has 7 nitrogen and oxygen atoms in total. The molecule has 9 heteroatoms. The maximum atomic E-state index is 4.52. The van der Waals surface area contributed by atoms with Crippen LogP contribution in [0.4, 0.5) is 0 Å². The van der Waals surface area contributed by atoms with Gasteiger partial charge in [-0.2, -0.15) is 0 Å². The van der Waals surface area contributed by atoms with E-state index in [1.165, 1.54) is 6.33 Å². The molecule has 214 valence electrons. The molecular formula is C36H23N7S2. The SMILES string of the molecule is c1ccc(-c2cccc(Sc3ccc4c5ccc(Sc6cccc(-c7ccccn7)c6)cc5n(-c5nncnn5)c4c3)c2)nc1. The topological polar surface area (TPSA) is 82.3 Å². The molecule has 0 spiro atoms. The zero-order valence-electron chi connectivity index (χ0n) is 23.7. The van der Waals surface area contributed by atoms with E-state index in [-0.39, 0.29) is 0 Å². The van der Waals surface area contributed by atoms with Gasteiger partial charge in [0, 0.05) is 53.9 Å². The van der Waals surface area contributed by atoms with Crippen molar-refractivity contribution >= 4 is 45.3 Å². The lowest BCUT2D eigenvalue weighted by Gasteiger charge is -2.08. The highest BCUT2D eigenvalue weighted by molar-refractivity contribution is 7.99. The van der Waals surface area contributed by atoms with Crippen LogP contribution in [0.15, 0.2) is 160 Å². The molecule has 0 bridgehead atoms. The summed E-state index contributed by atoms with van der Waals surface area (Å²) in [6, 6.07) is 41.9. The highest BCUT2D eigenvalue weighted by atomic mass is 32.2. The summed E-state index contributed by atoms with van der Waals surface area (Å²) >= 11 is 3.41. The lowest BCUT2D eigenvalue weighted by Crippen LogP contribution is -2.03. The van der Waals surface area contributed by atoms with E-state index in [1.54, 1.807) is 23.5 Å². The van der Waals surface area contributed by atoms with E-state index >= 15 is 0 Å². The minimum absolute atomic E-state index is 0.427. The molecule has 45 heavy (non-hydrogen) atoms. The van der Waals surface area contributed by atoms with Crippen LogP contribution in [0.2, 0.25) is 0 Å². The average molecular weight is 618 g/mol. The number of rotatable bonds is 7. The van der Waals surface area contributed by atoms with Gasteiger partial charge in [-0.05, 0) is 72.8 Å². The lowest BCUT2D eigenvalue weighted by atomic mass is 10.1. The molecule has 4 heterocycles. The van der Waals surface area contributed by atoms with Gasteiger partial charge in [0.05, 0.1) is 22.4 Å². The quantitative estimate of drug-likeness (QED) is 0.176. The van der Waals surface area contributed by atoms with Gasteiger partial charge in [0.1, 0.15) is 0 Å². The van der Waals surface area contributed by atoms with Crippen LogP contribution in [0.25, 0.3) is 50.3 Å². The highest BCUT2D eigenvalue weighted by Gasteiger charge is 2.17. The smallest absolute Gasteiger partial charge is 0.273 e. The molecule has 4 aromatic carbocycles. The molecule has 0 radical (unpaired) electrons. The van der Waals surface area contributed by atoms with E-state index in [2.05, 4.69) is 115 Å². The first-order valence-electron chi connectivity index (χ1n) is 14.3. The summed E-state index contributed by atoms with van der Waals surface area (Å²) in [7, 11) is 0. The Kier molecular flexibility index (Phi) is 7.22. The van der Waals surface area contributed by atoms with E-state index in [0.717, 1.165) is 63.9 Å². The van der Waals surface area contributed by atoms with Gasteiger partial charge in [0.25, 0.3) is 5.95 Å². The van der Waals surface area contributed by atoms with Crippen molar-refractivity contribution in [3.63, 3.8) is 0 Å². The van der Waals surface area contributed by atoms with E-state index in [9.17, 15) is 0 Å². The van der Waals surface area contributed by atoms with E-state index in [0.29, 0.717) is 5.95 Å². The van der Waals surface area contributed by atoms with Crippen LogP contribution in [0, 0.1) is 0 Å². The maximum Gasteiger partial charge on any atom is 0.273 e. The van der Waals surface area contributed by atoms with Crippen LogP contribution in [0.3, 0.4) is 0 Å². The minimum Gasteiger partial charge on any atom is -0.275 e. The molecule has 0 aliphatic rings. The minimum atomic E-state index is 0.427. The van der Waals surface area contributed by atoms with Crippen LogP contribution in [0.5, 0.6) is 0 Å². The molecule has 0 atom stereocenters. The monoisotopic (exact) mass is 617 g/mol. The van der Waals surface area contributed by atoms with Crippen molar-refractivity contribution in [3.8, 4) is 28.5 Å². The van der Waals surface area contributed by atoms with Crippen LogP contribution in [0.1, 0.15) is 0 Å². The van der Waals surface area contributed by atoms with Crippen molar-refractivity contribution in [2.24, 2.45) is 0 Å². The Morgan fingerprint density at radius 3 is 1.47 bits per heavy atom. The zero-order valence-corrected chi connectivity index (χ0v) is 25.4. The van der Waals surface area contributed by atoms with Gasteiger partial charge in [-0.25, -0.2) is 0 Å². The van der Waals surface area contributed by atoms with Crippen molar-refractivity contribution in [2.45, 2.75) is 19.6 Å².